The molecule has 96 valence electrons. The predicted octanol–water partition coefficient (Wildman–Crippen LogP) is 5.09. The van der Waals surface area contributed by atoms with Crippen LogP contribution in [-0.2, 0) is 0 Å². The van der Waals surface area contributed by atoms with Gasteiger partial charge in [0.25, 0.3) is 0 Å². The van der Waals surface area contributed by atoms with Gasteiger partial charge in [-0.3, -0.25) is 0 Å². The summed E-state index contributed by atoms with van der Waals surface area (Å²) in [5.41, 5.74) is 0. The summed E-state index contributed by atoms with van der Waals surface area (Å²) in [4.78, 5) is 0. The maximum absolute atomic E-state index is 2.49. The number of hydrogen-bond donors (Lipinski definition) is 0. The van der Waals surface area contributed by atoms with Gasteiger partial charge in [-0.05, 0) is 47.3 Å². The first kappa shape index (κ1) is 14.1. The molecular weight excluding hydrogens is 192 g/mol. The Balaban J connectivity index is 2.94. The smallest absolute Gasteiger partial charge is 0.0334 e. The lowest BCUT2D eigenvalue weighted by Crippen LogP contribution is -2.46. The van der Waals surface area contributed by atoms with Gasteiger partial charge in [-0.1, -0.05) is 55.4 Å². The minimum Gasteiger partial charge on any atom is -0.0625 e. The molecule has 0 N–H and O–H groups in total. The Kier molecular flexibility index (Phi) is 4.49. The zero-order chi connectivity index (χ0) is 12.6. The van der Waals surface area contributed by atoms with Crippen molar-refractivity contribution in [2.75, 3.05) is 0 Å². The molecule has 0 aliphatic heterocycles. The van der Waals surface area contributed by atoms with Gasteiger partial charge in [0.2, 0.25) is 0 Å². The molecule has 0 saturated heterocycles. The highest BCUT2D eigenvalue weighted by Gasteiger charge is 2.44. The standard InChI is InChI=1S/C16H32/c1-9(2)15-11(5)13(7)16(10(3)4)14(8)12(15)6/h9-16H,1-8H3. The van der Waals surface area contributed by atoms with Crippen molar-refractivity contribution >= 4 is 0 Å². The third-order valence-corrected chi connectivity index (χ3v) is 5.63. The molecule has 1 rings (SSSR count). The van der Waals surface area contributed by atoms with Crippen LogP contribution in [-0.4, -0.2) is 0 Å². The van der Waals surface area contributed by atoms with E-state index in [9.17, 15) is 0 Å². The molecule has 0 nitrogen and oxygen atoms in total. The molecule has 0 aromatic rings. The second-order valence-corrected chi connectivity index (χ2v) is 7.08. The SMILES string of the molecule is CC(C)C1C(C)C(C)C(C(C)C)C(C)C1C. The zero-order valence-corrected chi connectivity index (χ0v) is 12.6. The van der Waals surface area contributed by atoms with Crippen LogP contribution in [0.25, 0.3) is 0 Å². The second-order valence-electron chi connectivity index (χ2n) is 7.08. The summed E-state index contributed by atoms with van der Waals surface area (Å²) >= 11 is 0. The fourth-order valence-corrected chi connectivity index (χ4v) is 4.79. The van der Waals surface area contributed by atoms with Crippen LogP contribution in [0.1, 0.15) is 55.4 Å². The molecule has 0 heterocycles. The quantitative estimate of drug-likeness (QED) is 0.613. The molecule has 1 aliphatic carbocycles. The van der Waals surface area contributed by atoms with Gasteiger partial charge in [-0.25, -0.2) is 0 Å². The first-order chi connectivity index (χ1) is 7.29. The first-order valence-electron chi connectivity index (χ1n) is 7.29. The molecule has 16 heavy (non-hydrogen) atoms. The molecule has 0 heteroatoms. The van der Waals surface area contributed by atoms with Crippen molar-refractivity contribution in [2.45, 2.75) is 55.4 Å². The molecular formula is C16H32. The van der Waals surface area contributed by atoms with Crippen LogP contribution in [0.3, 0.4) is 0 Å². The summed E-state index contributed by atoms with van der Waals surface area (Å²) in [5, 5.41) is 0. The van der Waals surface area contributed by atoms with Crippen LogP contribution in [0.4, 0.5) is 0 Å². The molecule has 0 amide bonds. The first-order valence-corrected chi connectivity index (χ1v) is 7.29. The Labute approximate surface area is 103 Å². The van der Waals surface area contributed by atoms with E-state index < -0.39 is 0 Å². The molecule has 0 aromatic carbocycles. The van der Waals surface area contributed by atoms with Gasteiger partial charge in [0.05, 0.1) is 0 Å². The average Bonchev–Trinajstić information content (AvgIpc) is 2.14. The second kappa shape index (κ2) is 5.10. The Hall–Kier alpha value is 0. The van der Waals surface area contributed by atoms with Crippen LogP contribution < -0.4 is 0 Å². The lowest BCUT2D eigenvalue weighted by atomic mass is 9.54. The van der Waals surface area contributed by atoms with E-state index in [-0.39, 0.29) is 0 Å². The number of hydrogen-bond acceptors (Lipinski definition) is 0. The highest BCUT2D eigenvalue weighted by Crippen LogP contribution is 2.50. The minimum absolute atomic E-state index is 0.836. The Morgan fingerprint density at radius 1 is 0.500 bits per heavy atom. The Morgan fingerprint density at radius 2 is 0.688 bits per heavy atom. The van der Waals surface area contributed by atoms with Gasteiger partial charge in [-0.2, -0.15) is 0 Å². The van der Waals surface area contributed by atoms with E-state index in [2.05, 4.69) is 55.4 Å². The molecule has 0 radical (unpaired) electrons. The van der Waals surface area contributed by atoms with Gasteiger partial charge in [-0.15, -0.1) is 0 Å². The Bertz CT molecular complexity index is 176. The largest absolute Gasteiger partial charge is 0.0625 e. The van der Waals surface area contributed by atoms with Gasteiger partial charge < -0.3 is 0 Å². The van der Waals surface area contributed by atoms with Crippen molar-refractivity contribution in [3.63, 3.8) is 0 Å². The van der Waals surface area contributed by atoms with E-state index in [1.54, 1.807) is 0 Å². The van der Waals surface area contributed by atoms with Gasteiger partial charge in [0, 0.05) is 0 Å². The molecule has 1 saturated carbocycles. The van der Waals surface area contributed by atoms with E-state index in [0.29, 0.717) is 0 Å². The summed E-state index contributed by atoms with van der Waals surface area (Å²) in [6.45, 7) is 19.6. The van der Waals surface area contributed by atoms with Crippen LogP contribution in [0, 0.1) is 47.3 Å². The van der Waals surface area contributed by atoms with Crippen molar-refractivity contribution in [3.05, 3.63) is 0 Å². The van der Waals surface area contributed by atoms with Crippen molar-refractivity contribution in [3.8, 4) is 0 Å². The molecule has 0 aromatic heterocycles. The molecule has 4 atom stereocenters. The van der Waals surface area contributed by atoms with Gasteiger partial charge in [0.15, 0.2) is 0 Å². The van der Waals surface area contributed by atoms with Crippen LogP contribution in [0.15, 0.2) is 0 Å². The lowest BCUT2D eigenvalue weighted by Gasteiger charge is -2.51. The van der Waals surface area contributed by atoms with Crippen molar-refractivity contribution in [1.29, 1.82) is 0 Å². The summed E-state index contributed by atoms with van der Waals surface area (Å²) in [7, 11) is 0. The molecule has 1 aliphatic rings. The highest BCUT2D eigenvalue weighted by atomic mass is 14.5. The maximum atomic E-state index is 2.49. The van der Waals surface area contributed by atoms with Crippen molar-refractivity contribution in [2.24, 2.45) is 47.3 Å². The zero-order valence-electron chi connectivity index (χ0n) is 12.6. The lowest BCUT2D eigenvalue weighted by molar-refractivity contribution is -0.0305. The summed E-state index contributed by atoms with van der Waals surface area (Å²) in [6, 6.07) is 0. The molecule has 0 spiro atoms. The minimum atomic E-state index is 0.836. The number of rotatable bonds is 2. The summed E-state index contributed by atoms with van der Waals surface area (Å²) < 4.78 is 0. The third-order valence-electron chi connectivity index (χ3n) is 5.63. The fraction of sp³-hybridized carbons (Fsp3) is 1.00. The van der Waals surface area contributed by atoms with E-state index in [0.717, 1.165) is 47.3 Å². The van der Waals surface area contributed by atoms with Gasteiger partial charge in [0.1, 0.15) is 0 Å². The van der Waals surface area contributed by atoms with Crippen molar-refractivity contribution in [1.82, 2.24) is 0 Å². The van der Waals surface area contributed by atoms with Crippen LogP contribution in [0.2, 0.25) is 0 Å². The van der Waals surface area contributed by atoms with Gasteiger partial charge >= 0.3 is 0 Å². The average molecular weight is 224 g/mol. The van der Waals surface area contributed by atoms with E-state index in [4.69, 9.17) is 0 Å². The molecule has 0 bridgehead atoms. The third kappa shape index (κ3) is 2.31. The fourth-order valence-electron chi connectivity index (χ4n) is 4.79. The van der Waals surface area contributed by atoms with Crippen LogP contribution in [0.5, 0.6) is 0 Å². The van der Waals surface area contributed by atoms with E-state index in [1.165, 1.54) is 0 Å². The van der Waals surface area contributed by atoms with Crippen LogP contribution >= 0.6 is 0 Å². The molecule has 4 unspecified atom stereocenters. The van der Waals surface area contributed by atoms with Crippen molar-refractivity contribution < 1.29 is 0 Å². The molecule has 1 fully saturated rings. The van der Waals surface area contributed by atoms with E-state index >= 15 is 0 Å². The van der Waals surface area contributed by atoms with E-state index in [1.807, 2.05) is 0 Å². The topological polar surface area (TPSA) is 0 Å². The summed E-state index contributed by atoms with van der Waals surface area (Å²) in [6.07, 6.45) is 0. The maximum Gasteiger partial charge on any atom is -0.0334 e. The Morgan fingerprint density at radius 3 is 0.812 bits per heavy atom. The normalized spacial score (nSPS) is 45.4. The predicted molar refractivity (Wildman–Crippen MR) is 73.3 cm³/mol. The highest BCUT2D eigenvalue weighted by molar-refractivity contribution is 4.92. The summed E-state index contributed by atoms with van der Waals surface area (Å²) in [5.74, 6) is 7.06. The monoisotopic (exact) mass is 224 g/mol.